The fourth-order valence-electron chi connectivity index (χ4n) is 1.72. The molecule has 2 heterocycles. The summed E-state index contributed by atoms with van der Waals surface area (Å²) in [5.41, 5.74) is 0. The Balaban J connectivity index is 1.81. The number of carbonyl (C=O) groups excluding carboxylic acids is 2. The summed E-state index contributed by atoms with van der Waals surface area (Å²) in [6.07, 6.45) is 3.64. The molecule has 0 fully saturated rings. The molecule has 0 aliphatic heterocycles. The molecule has 9 nitrogen and oxygen atoms in total. The Kier molecular flexibility index (Phi) is 5.02. The first-order chi connectivity index (χ1) is 10.6. The number of tetrazole rings is 1. The second-order valence-corrected chi connectivity index (χ2v) is 4.48. The van der Waals surface area contributed by atoms with Gasteiger partial charge in [-0.3, -0.25) is 9.59 Å². The van der Waals surface area contributed by atoms with E-state index in [9.17, 15) is 9.59 Å². The summed E-state index contributed by atoms with van der Waals surface area (Å²) in [5, 5.41) is 16.9. The SMILES string of the molecule is C=CC(=O)NCCCNC(=O)c1nnn(-c2cccn2C)n1. The Bertz CT molecular complexity index is 673. The largest absolute Gasteiger partial charge is 0.353 e. The third-order valence-electron chi connectivity index (χ3n) is 2.86. The van der Waals surface area contributed by atoms with Crippen LogP contribution >= 0.6 is 0 Å². The zero-order chi connectivity index (χ0) is 15.9. The number of aromatic nitrogens is 5. The van der Waals surface area contributed by atoms with Crippen molar-refractivity contribution in [3.63, 3.8) is 0 Å². The first-order valence-electron chi connectivity index (χ1n) is 6.72. The van der Waals surface area contributed by atoms with Crippen molar-refractivity contribution in [3.05, 3.63) is 36.8 Å². The number of nitrogens with zero attached hydrogens (tertiary/aromatic N) is 5. The van der Waals surface area contributed by atoms with Gasteiger partial charge < -0.3 is 15.2 Å². The van der Waals surface area contributed by atoms with Crippen LogP contribution in [0, 0.1) is 0 Å². The van der Waals surface area contributed by atoms with E-state index in [-0.39, 0.29) is 11.7 Å². The van der Waals surface area contributed by atoms with Crippen LogP contribution in [0.4, 0.5) is 0 Å². The Hall–Kier alpha value is -2.97. The summed E-state index contributed by atoms with van der Waals surface area (Å²) in [6, 6.07) is 3.65. The van der Waals surface area contributed by atoms with Crippen LogP contribution in [0.3, 0.4) is 0 Å². The molecule has 22 heavy (non-hydrogen) atoms. The van der Waals surface area contributed by atoms with Crippen molar-refractivity contribution in [2.45, 2.75) is 6.42 Å². The zero-order valence-electron chi connectivity index (χ0n) is 12.2. The first-order valence-corrected chi connectivity index (χ1v) is 6.72. The van der Waals surface area contributed by atoms with Gasteiger partial charge in [-0.25, -0.2) is 0 Å². The molecule has 9 heteroatoms. The summed E-state index contributed by atoms with van der Waals surface area (Å²) in [6.45, 7) is 4.20. The van der Waals surface area contributed by atoms with Crippen molar-refractivity contribution >= 4 is 11.8 Å². The van der Waals surface area contributed by atoms with E-state index in [1.54, 1.807) is 0 Å². The molecule has 0 saturated carbocycles. The normalized spacial score (nSPS) is 10.2. The monoisotopic (exact) mass is 303 g/mol. The molecule has 2 aromatic rings. The molecule has 2 N–H and O–H groups in total. The van der Waals surface area contributed by atoms with E-state index in [2.05, 4.69) is 32.6 Å². The molecule has 2 amide bonds. The standard InChI is InChI=1S/C13H17N7O2/c1-3-10(21)14-7-5-8-15-13(22)12-16-18-20(17-12)11-6-4-9-19(11)2/h3-4,6,9H,1,5,7-8H2,2H3,(H,14,21)(H,15,22). The third kappa shape index (κ3) is 3.78. The van der Waals surface area contributed by atoms with Crippen LogP contribution in [0.1, 0.15) is 17.0 Å². The lowest BCUT2D eigenvalue weighted by atomic mass is 10.4. The predicted octanol–water partition coefficient (Wildman–Crippen LogP) is -0.577. The number of hydrogen-bond acceptors (Lipinski definition) is 5. The van der Waals surface area contributed by atoms with Gasteiger partial charge in [0.2, 0.25) is 5.91 Å². The zero-order valence-corrected chi connectivity index (χ0v) is 12.2. The maximum atomic E-state index is 11.9. The summed E-state index contributed by atoms with van der Waals surface area (Å²) in [5.74, 6) is 0.0593. The average Bonchev–Trinajstić information content (AvgIpc) is 3.14. The molecule has 0 unspecified atom stereocenters. The second-order valence-electron chi connectivity index (χ2n) is 4.48. The topological polar surface area (TPSA) is 107 Å². The number of hydrogen-bond donors (Lipinski definition) is 2. The average molecular weight is 303 g/mol. The molecule has 0 aromatic carbocycles. The summed E-state index contributed by atoms with van der Waals surface area (Å²) in [7, 11) is 1.84. The van der Waals surface area contributed by atoms with Gasteiger partial charge in [0.15, 0.2) is 5.82 Å². The maximum absolute atomic E-state index is 11.9. The quantitative estimate of drug-likeness (QED) is 0.526. The molecule has 116 valence electrons. The minimum absolute atomic E-state index is 0.00340. The Morgan fingerprint density at radius 1 is 1.36 bits per heavy atom. The minimum Gasteiger partial charge on any atom is -0.353 e. The lowest BCUT2D eigenvalue weighted by molar-refractivity contribution is -0.116. The summed E-state index contributed by atoms with van der Waals surface area (Å²) < 4.78 is 1.81. The van der Waals surface area contributed by atoms with Crippen LogP contribution in [0.5, 0.6) is 0 Å². The van der Waals surface area contributed by atoms with Crippen molar-refractivity contribution in [1.29, 1.82) is 0 Å². The smallest absolute Gasteiger partial charge is 0.292 e. The molecule has 0 radical (unpaired) electrons. The van der Waals surface area contributed by atoms with Gasteiger partial charge in [-0.15, -0.1) is 15.0 Å². The van der Waals surface area contributed by atoms with Crippen LogP contribution in [0.15, 0.2) is 31.0 Å². The highest BCUT2D eigenvalue weighted by atomic mass is 16.2. The van der Waals surface area contributed by atoms with Crippen molar-refractivity contribution < 1.29 is 9.59 Å². The fourth-order valence-corrected chi connectivity index (χ4v) is 1.72. The van der Waals surface area contributed by atoms with Crippen molar-refractivity contribution in [2.75, 3.05) is 13.1 Å². The minimum atomic E-state index is -0.407. The number of aryl methyl sites for hydroxylation is 1. The highest BCUT2D eigenvalue weighted by molar-refractivity contribution is 5.90. The molecule has 0 bridgehead atoms. The molecule has 0 atom stereocenters. The van der Waals surface area contributed by atoms with Crippen LogP contribution in [-0.2, 0) is 11.8 Å². The fraction of sp³-hybridized carbons (Fsp3) is 0.308. The van der Waals surface area contributed by atoms with Crippen molar-refractivity contribution in [2.24, 2.45) is 7.05 Å². The maximum Gasteiger partial charge on any atom is 0.292 e. The van der Waals surface area contributed by atoms with E-state index in [1.165, 1.54) is 10.9 Å². The lowest BCUT2D eigenvalue weighted by Crippen LogP contribution is -2.29. The lowest BCUT2D eigenvalue weighted by Gasteiger charge is -2.03. The number of rotatable bonds is 7. The van der Waals surface area contributed by atoms with E-state index >= 15 is 0 Å². The Labute approximate surface area is 127 Å². The van der Waals surface area contributed by atoms with Gasteiger partial charge in [0.1, 0.15) is 0 Å². The van der Waals surface area contributed by atoms with Crippen LogP contribution in [-0.4, -0.2) is 49.7 Å². The van der Waals surface area contributed by atoms with Crippen LogP contribution in [0.2, 0.25) is 0 Å². The van der Waals surface area contributed by atoms with Gasteiger partial charge in [0, 0.05) is 26.3 Å². The molecular weight excluding hydrogens is 286 g/mol. The molecule has 2 rings (SSSR count). The third-order valence-corrected chi connectivity index (χ3v) is 2.86. The van der Waals surface area contributed by atoms with E-state index in [4.69, 9.17) is 0 Å². The van der Waals surface area contributed by atoms with E-state index < -0.39 is 5.91 Å². The molecular formula is C13H17N7O2. The summed E-state index contributed by atoms with van der Waals surface area (Å²) in [4.78, 5) is 24.1. The van der Waals surface area contributed by atoms with Crippen molar-refractivity contribution in [1.82, 2.24) is 35.4 Å². The van der Waals surface area contributed by atoms with Gasteiger partial charge in [0.25, 0.3) is 11.7 Å². The van der Waals surface area contributed by atoms with Gasteiger partial charge in [-0.1, -0.05) is 6.58 Å². The molecule has 0 aliphatic rings. The Morgan fingerprint density at radius 2 is 2.14 bits per heavy atom. The van der Waals surface area contributed by atoms with Gasteiger partial charge in [0.05, 0.1) is 0 Å². The molecule has 0 spiro atoms. The predicted molar refractivity (Wildman–Crippen MR) is 78.3 cm³/mol. The second kappa shape index (κ2) is 7.16. The van der Waals surface area contributed by atoms with Crippen molar-refractivity contribution in [3.8, 4) is 5.82 Å². The van der Waals surface area contributed by atoms with E-state index in [1.807, 2.05) is 29.9 Å². The van der Waals surface area contributed by atoms with E-state index in [0.717, 1.165) is 0 Å². The van der Waals surface area contributed by atoms with Gasteiger partial charge >= 0.3 is 0 Å². The summed E-state index contributed by atoms with van der Waals surface area (Å²) >= 11 is 0. The van der Waals surface area contributed by atoms with Crippen LogP contribution < -0.4 is 10.6 Å². The van der Waals surface area contributed by atoms with Gasteiger partial charge in [-0.2, -0.15) is 0 Å². The number of amides is 2. The molecule has 0 aliphatic carbocycles. The highest BCUT2D eigenvalue weighted by Crippen LogP contribution is 2.03. The Morgan fingerprint density at radius 3 is 2.82 bits per heavy atom. The first kappa shape index (κ1) is 15.4. The van der Waals surface area contributed by atoms with Crippen LogP contribution in [0.25, 0.3) is 5.82 Å². The number of carbonyl (C=O) groups is 2. The van der Waals surface area contributed by atoms with Gasteiger partial charge in [-0.05, 0) is 29.8 Å². The molecule has 0 saturated heterocycles. The number of nitrogens with one attached hydrogen (secondary N) is 2. The van der Waals surface area contributed by atoms with E-state index in [0.29, 0.717) is 25.3 Å². The highest BCUT2D eigenvalue weighted by Gasteiger charge is 2.13. The molecule has 2 aromatic heterocycles.